The number of thiazole rings is 1. The number of nitrogens with zero attached hydrogens (tertiary/aromatic N) is 5. The van der Waals surface area contributed by atoms with Gasteiger partial charge in [-0.25, -0.2) is 9.97 Å². The Balaban J connectivity index is 1.47. The number of hydrogen-bond donors (Lipinski definition) is 0. The summed E-state index contributed by atoms with van der Waals surface area (Å²) in [5, 5.41) is 3.97. The number of rotatable bonds is 4. The van der Waals surface area contributed by atoms with Crippen molar-refractivity contribution in [1.29, 1.82) is 0 Å². The van der Waals surface area contributed by atoms with Gasteiger partial charge in [-0.15, -0.1) is 11.3 Å². The summed E-state index contributed by atoms with van der Waals surface area (Å²) in [6, 6.07) is 6.13. The monoisotopic (exact) mass is 383 g/mol. The molecule has 2 aromatic heterocycles. The molecule has 0 radical (unpaired) electrons. The summed E-state index contributed by atoms with van der Waals surface area (Å²) in [5.41, 5.74) is 3.11. The van der Waals surface area contributed by atoms with Gasteiger partial charge in [0.2, 0.25) is 0 Å². The summed E-state index contributed by atoms with van der Waals surface area (Å²) in [6.07, 6.45) is 1.66. The molecular weight excluding hydrogens is 358 g/mol. The molecule has 3 aromatic rings. The van der Waals surface area contributed by atoms with Crippen molar-refractivity contribution in [1.82, 2.24) is 19.4 Å². The highest BCUT2D eigenvalue weighted by Crippen LogP contribution is 2.21. The van der Waals surface area contributed by atoms with Gasteiger partial charge in [0, 0.05) is 49.8 Å². The summed E-state index contributed by atoms with van der Waals surface area (Å²) in [7, 11) is 0. The summed E-state index contributed by atoms with van der Waals surface area (Å²) in [6.45, 7) is 10.9. The van der Waals surface area contributed by atoms with Gasteiger partial charge in [0.1, 0.15) is 0 Å². The molecule has 0 unspecified atom stereocenters. The summed E-state index contributed by atoms with van der Waals surface area (Å²) in [5.74, 6) is 0. The van der Waals surface area contributed by atoms with Gasteiger partial charge in [-0.2, -0.15) is 0 Å². The SMILES string of the molecule is Cc1nc(CN2CCN(c3ccc4c(=O)n(C(C)C)cnc4c3)CC2)cs1. The van der Waals surface area contributed by atoms with Gasteiger partial charge in [-0.05, 0) is 39.0 Å². The molecular formula is C20H25N5OS. The Morgan fingerprint density at radius 3 is 2.63 bits per heavy atom. The van der Waals surface area contributed by atoms with Crippen LogP contribution < -0.4 is 10.5 Å². The minimum Gasteiger partial charge on any atom is -0.369 e. The number of aryl methyl sites for hydroxylation is 1. The molecule has 27 heavy (non-hydrogen) atoms. The van der Waals surface area contributed by atoms with E-state index in [4.69, 9.17) is 0 Å². The maximum Gasteiger partial charge on any atom is 0.261 e. The summed E-state index contributed by atoms with van der Waals surface area (Å²) in [4.78, 5) is 26.5. The Hall–Kier alpha value is -2.25. The van der Waals surface area contributed by atoms with E-state index in [9.17, 15) is 4.79 Å². The number of hydrogen-bond acceptors (Lipinski definition) is 6. The number of aromatic nitrogens is 3. The van der Waals surface area contributed by atoms with Crippen molar-refractivity contribution in [3.8, 4) is 0 Å². The quantitative estimate of drug-likeness (QED) is 0.693. The van der Waals surface area contributed by atoms with Crippen molar-refractivity contribution in [2.45, 2.75) is 33.4 Å². The molecule has 0 bridgehead atoms. The minimum atomic E-state index is 0.0323. The normalized spacial score (nSPS) is 15.8. The van der Waals surface area contributed by atoms with Gasteiger partial charge in [0.05, 0.1) is 27.9 Å². The summed E-state index contributed by atoms with van der Waals surface area (Å²) < 4.78 is 1.68. The fourth-order valence-electron chi connectivity index (χ4n) is 3.56. The standard InChI is InChI=1S/C20H25N5OS/c1-14(2)25-13-21-19-10-17(4-5-18(19)20(25)26)24-8-6-23(7-9-24)11-16-12-27-15(3)22-16/h4-5,10,12-14H,6-9,11H2,1-3H3. The lowest BCUT2D eigenvalue weighted by Crippen LogP contribution is -2.46. The fraction of sp³-hybridized carbons (Fsp3) is 0.450. The first kappa shape index (κ1) is 18.1. The van der Waals surface area contributed by atoms with E-state index >= 15 is 0 Å². The smallest absolute Gasteiger partial charge is 0.261 e. The number of anilines is 1. The number of benzene rings is 1. The predicted octanol–water partition coefficient (Wildman–Crippen LogP) is 3.06. The minimum absolute atomic E-state index is 0.0323. The van der Waals surface area contributed by atoms with E-state index in [0.717, 1.165) is 48.9 Å². The number of piperazine rings is 1. The molecule has 1 aromatic carbocycles. The number of fused-ring (bicyclic) bond motifs is 1. The van der Waals surface area contributed by atoms with Crippen molar-refractivity contribution < 1.29 is 0 Å². The van der Waals surface area contributed by atoms with Crippen molar-refractivity contribution in [2.75, 3.05) is 31.1 Å². The van der Waals surface area contributed by atoms with Crippen LogP contribution in [0.25, 0.3) is 10.9 Å². The predicted molar refractivity (Wildman–Crippen MR) is 111 cm³/mol. The van der Waals surface area contributed by atoms with Crippen molar-refractivity contribution in [3.63, 3.8) is 0 Å². The van der Waals surface area contributed by atoms with Crippen molar-refractivity contribution >= 4 is 27.9 Å². The maximum absolute atomic E-state index is 12.6. The molecule has 0 N–H and O–H groups in total. The van der Waals surface area contributed by atoms with E-state index in [2.05, 4.69) is 38.1 Å². The molecule has 0 spiro atoms. The Kier molecular flexibility index (Phi) is 4.97. The zero-order valence-corrected chi connectivity index (χ0v) is 16.9. The Labute approximate surface area is 163 Å². The molecule has 0 saturated carbocycles. The van der Waals surface area contributed by atoms with Crippen LogP contribution in [-0.2, 0) is 6.54 Å². The van der Waals surface area contributed by atoms with E-state index in [0.29, 0.717) is 5.39 Å². The zero-order chi connectivity index (χ0) is 19.0. The van der Waals surface area contributed by atoms with Gasteiger partial charge < -0.3 is 4.90 Å². The van der Waals surface area contributed by atoms with Gasteiger partial charge in [0.25, 0.3) is 5.56 Å². The average molecular weight is 384 g/mol. The Morgan fingerprint density at radius 2 is 1.96 bits per heavy atom. The van der Waals surface area contributed by atoms with E-state index in [1.807, 2.05) is 26.0 Å². The van der Waals surface area contributed by atoms with Crippen LogP contribution in [0.5, 0.6) is 0 Å². The van der Waals surface area contributed by atoms with Crippen LogP contribution in [-0.4, -0.2) is 45.6 Å². The van der Waals surface area contributed by atoms with Crippen LogP contribution in [0.4, 0.5) is 5.69 Å². The highest BCUT2D eigenvalue weighted by Gasteiger charge is 2.19. The molecule has 0 amide bonds. The molecule has 4 rings (SSSR count). The van der Waals surface area contributed by atoms with Gasteiger partial charge in [0.15, 0.2) is 0 Å². The zero-order valence-electron chi connectivity index (χ0n) is 16.1. The molecule has 6 nitrogen and oxygen atoms in total. The first-order valence-electron chi connectivity index (χ1n) is 9.40. The van der Waals surface area contributed by atoms with E-state index in [1.165, 1.54) is 5.69 Å². The molecule has 0 atom stereocenters. The molecule has 142 valence electrons. The third-order valence-electron chi connectivity index (χ3n) is 5.11. The van der Waals surface area contributed by atoms with Crippen LogP contribution in [0.15, 0.2) is 34.7 Å². The lowest BCUT2D eigenvalue weighted by molar-refractivity contribution is 0.247. The lowest BCUT2D eigenvalue weighted by atomic mass is 10.2. The first-order chi connectivity index (χ1) is 13.0. The molecule has 1 aliphatic rings. The maximum atomic E-state index is 12.6. The lowest BCUT2D eigenvalue weighted by Gasteiger charge is -2.35. The Bertz CT molecular complexity index is 1000. The van der Waals surface area contributed by atoms with Crippen molar-refractivity contribution in [2.24, 2.45) is 0 Å². The molecule has 7 heteroatoms. The largest absolute Gasteiger partial charge is 0.369 e. The third-order valence-corrected chi connectivity index (χ3v) is 5.94. The van der Waals surface area contributed by atoms with Gasteiger partial charge >= 0.3 is 0 Å². The highest BCUT2D eigenvalue weighted by molar-refractivity contribution is 7.09. The average Bonchev–Trinajstić information content (AvgIpc) is 3.07. The molecule has 1 saturated heterocycles. The second-order valence-electron chi connectivity index (χ2n) is 7.37. The topological polar surface area (TPSA) is 54.3 Å². The second kappa shape index (κ2) is 7.40. The third kappa shape index (κ3) is 3.75. The van der Waals surface area contributed by atoms with Crippen LogP contribution in [0.1, 0.15) is 30.6 Å². The molecule has 0 aliphatic carbocycles. The van der Waals surface area contributed by atoms with Gasteiger partial charge in [-0.3, -0.25) is 14.3 Å². The van der Waals surface area contributed by atoms with Crippen molar-refractivity contribution in [3.05, 3.63) is 51.0 Å². The highest BCUT2D eigenvalue weighted by atomic mass is 32.1. The summed E-state index contributed by atoms with van der Waals surface area (Å²) >= 11 is 1.71. The molecule has 3 heterocycles. The molecule has 1 fully saturated rings. The van der Waals surface area contributed by atoms with Gasteiger partial charge in [-0.1, -0.05) is 0 Å². The van der Waals surface area contributed by atoms with Crippen LogP contribution in [0, 0.1) is 6.92 Å². The fourth-order valence-corrected chi connectivity index (χ4v) is 4.17. The van der Waals surface area contributed by atoms with E-state index < -0.39 is 0 Å². The molecule has 1 aliphatic heterocycles. The first-order valence-corrected chi connectivity index (χ1v) is 10.3. The van der Waals surface area contributed by atoms with Crippen LogP contribution in [0.2, 0.25) is 0 Å². The van der Waals surface area contributed by atoms with E-state index in [-0.39, 0.29) is 11.6 Å². The van der Waals surface area contributed by atoms with Crippen LogP contribution in [0.3, 0.4) is 0 Å². The Morgan fingerprint density at radius 1 is 1.19 bits per heavy atom. The van der Waals surface area contributed by atoms with E-state index in [1.54, 1.807) is 22.2 Å². The van der Waals surface area contributed by atoms with Crippen LogP contribution >= 0.6 is 11.3 Å². The second-order valence-corrected chi connectivity index (χ2v) is 8.44.